The Morgan fingerprint density at radius 1 is 1.46 bits per heavy atom. The molecule has 0 unspecified atom stereocenters. The molecular formula is C15H30N4O4Si. The van der Waals surface area contributed by atoms with Gasteiger partial charge in [-0.05, 0) is 48.3 Å². The number of rotatable bonds is 9. The van der Waals surface area contributed by atoms with Crippen molar-refractivity contribution in [1.29, 1.82) is 0 Å². The number of hydrogen-bond acceptors (Lipinski definition) is 4. The third kappa shape index (κ3) is 5.66. The van der Waals surface area contributed by atoms with Crippen LogP contribution in [0.3, 0.4) is 0 Å². The summed E-state index contributed by atoms with van der Waals surface area (Å²) in [6.45, 7) is 10.4. The summed E-state index contributed by atoms with van der Waals surface area (Å²) < 4.78 is 6.49. The van der Waals surface area contributed by atoms with Crippen molar-refractivity contribution in [2.75, 3.05) is 13.2 Å². The van der Waals surface area contributed by atoms with Crippen LogP contribution in [-0.4, -0.2) is 49.9 Å². The van der Waals surface area contributed by atoms with Crippen molar-refractivity contribution >= 4 is 14.4 Å². The summed E-state index contributed by atoms with van der Waals surface area (Å²) in [5.74, 6) is 0.244. The number of nitrogens with zero attached hydrogens (tertiary/aromatic N) is 3. The first kappa shape index (κ1) is 20.8. The molecule has 24 heavy (non-hydrogen) atoms. The molecule has 0 spiro atoms. The summed E-state index contributed by atoms with van der Waals surface area (Å²) in [7, 11) is -2.20. The molecule has 1 aliphatic carbocycles. The summed E-state index contributed by atoms with van der Waals surface area (Å²) in [5, 5.41) is 24.8. The maximum absolute atomic E-state index is 11.1. The van der Waals surface area contributed by atoms with Gasteiger partial charge < -0.3 is 20.0 Å². The highest BCUT2D eigenvalue weighted by Crippen LogP contribution is 2.44. The molecule has 0 aromatic heterocycles. The van der Waals surface area contributed by atoms with Gasteiger partial charge in [0.15, 0.2) is 8.32 Å². The molecule has 3 atom stereocenters. The lowest BCUT2D eigenvalue weighted by molar-refractivity contribution is 0.0470. The quantitative estimate of drug-likeness (QED) is 0.253. The van der Waals surface area contributed by atoms with Crippen molar-refractivity contribution in [3.8, 4) is 0 Å². The molecule has 3 N–H and O–H groups in total. The fourth-order valence-electron chi connectivity index (χ4n) is 2.55. The first-order valence-electron chi connectivity index (χ1n) is 8.32. The average molecular weight is 359 g/mol. The van der Waals surface area contributed by atoms with Crippen LogP contribution in [0.25, 0.3) is 10.4 Å². The Kier molecular flexibility index (Phi) is 7.09. The second-order valence-corrected chi connectivity index (χ2v) is 12.8. The van der Waals surface area contributed by atoms with E-state index in [0.717, 1.165) is 12.8 Å². The van der Waals surface area contributed by atoms with Gasteiger partial charge in [0, 0.05) is 11.5 Å². The minimum Gasteiger partial charge on any atom is -0.465 e. The largest absolute Gasteiger partial charge is 0.465 e. The van der Waals surface area contributed by atoms with Gasteiger partial charge in [0.2, 0.25) is 0 Å². The number of amides is 1. The Balaban J connectivity index is 3.12. The van der Waals surface area contributed by atoms with Crippen LogP contribution in [0.5, 0.6) is 0 Å². The van der Waals surface area contributed by atoms with Crippen LogP contribution in [0.1, 0.15) is 33.6 Å². The molecule has 1 amide bonds. The minimum atomic E-state index is -2.20. The second-order valence-electron chi connectivity index (χ2n) is 8.00. The van der Waals surface area contributed by atoms with Crippen LogP contribution < -0.4 is 5.32 Å². The number of aliphatic hydroxyl groups excluding tert-OH is 1. The fourth-order valence-corrected chi connectivity index (χ4v) is 3.92. The monoisotopic (exact) mass is 358 g/mol. The summed E-state index contributed by atoms with van der Waals surface area (Å²) >= 11 is 0. The van der Waals surface area contributed by atoms with Crippen LogP contribution in [0, 0.1) is 11.8 Å². The normalized spacial score (nSPS) is 19.1. The van der Waals surface area contributed by atoms with Crippen LogP contribution in [-0.2, 0) is 4.43 Å². The molecule has 9 heteroatoms. The van der Waals surface area contributed by atoms with Crippen molar-refractivity contribution in [3.05, 3.63) is 10.4 Å². The van der Waals surface area contributed by atoms with Gasteiger partial charge >= 0.3 is 6.09 Å². The number of azide groups is 1. The van der Waals surface area contributed by atoms with Crippen molar-refractivity contribution in [3.63, 3.8) is 0 Å². The molecule has 1 saturated carbocycles. The standard InChI is InChI=1S/C15H30N4O4Si/c1-15(2,3)24(4,5)23-13(12(9-20)18-14(21)22)11(8-17-19-16)10-6-7-10/h10-13,18,20H,6-9H2,1-5H3,(H,21,22)/t11-,12-,13-/m1/s1. The summed E-state index contributed by atoms with van der Waals surface area (Å²) in [4.78, 5) is 14.0. The van der Waals surface area contributed by atoms with Gasteiger partial charge in [-0.1, -0.05) is 25.9 Å². The topological polar surface area (TPSA) is 128 Å². The molecule has 0 aromatic rings. The van der Waals surface area contributed by atoms with Crippen LogP contribution >= 0.6 is 0 Å². The number of aliphatic hydroxyl groups is 1. The van der Waals surface area contributed by atoms with Crippen molar-refractivity contribution in [1.82, 2.24) is 5.32 Å². The first-order valence-corrected chi connectivity index (χ1v) is 11.2. The summed E-state index contributed by atoms with van der Waals surface area (Å²) in [6, 6.07) is -0.740. The summed E-state index contributed by atoms with van der Waals surface area (Å²) in [6.07, 6.45) is 0.309. The van der Waals surface area contributed by atoms with Gasteiger partial charge in [-0.15, -0.1) is 0 Å². The number of hydrogen-bond donors (Lipinski definition) is 3. The molecule has 8 nitrogen and oxygen atoms in total. The minimum absolute atomic E-state index is 0.0545. The maximum Gasteiger partial charge on any atom is 0.405 e. The predicted octanol–water partition coefficient (Wildman–Crippen LogP) is 3.34. The molecule has 1 fully saturated rings. The van der Waals surface area contributed by atoms with E-state index in [1.807, 2.05) is 0 Å². The first-order chi connectivity index (χ1) is 11.0. The number of carbonyl (C=O) groups is 1. The Hall–Kier alpha value is -1.28. The second kappa shape index (κ2) is 8.20. The lowest BCUT2D eigenvalue weighted by Gasteiger charge is -2.43. The average Bonchev–Trinajstić information content (AvgIpc) is 3.27. The van der Waals surface area contributed by atoms with E-state index in [4.69, 9.17) is 15.1 Å². The molecule has 0 aliphatic heterocycles. The fraction of sp³-hybridized carbons (Fsp3) is 0.933. The lowest BCUT2D eigenvalue weighted by Crippen LogP contribution is -2.56. The lowest BCUT2D eigenvalue weighted by atomic mass is 9.92. The molecule has 1 aliphatic rings. The molecule has 138 valence electrons. The highest BCUT2D eigenvalue weighted by Gasteiger charge is 2.46. The van der Waals surface area contributed by atoms with E-state index in [0.29, 0.717) is 5.92 Å². The van der Waals surface area contributed by atoms with Gasteiger partial charge in [0.25, 0.3) is 0 Å². The molecule has 0 aromatic carbocycles. The van der Waals surface area contributed by atoms with Gasteiger partial charge in [0.05, 0.1) is 18.8 Å². The van der Waals surface area contributed by atoms with Crippen molar-refractivity contribution in [2.45, 2.75) is 63.9 Å². The molecule has 0 radical (unpaired) electrons. The Morgan fingerprint density at radius 2 is 2.04 bits per heavy atom. The SMILES string of the molecule is CC(C)(C)[Si](C)(C)O[C@H]([C@H](CN=[N+]=[N-])C1CC1)[C@@H](CO)NC(=O)O. The Labute approximate surface area is 144 Å². The predicted molar refractivity (Wildman–Crippen MR) is 94.3 cm³/mol. The van der Waals surface area contributed by atoms with Gasteiger partial charge in [-0.3, -0.25) is 0 Å². The van der Waals surface area contributed by atoms with Crippen LogP contribution in [0.15, 0.2) is 5.11 Å². The van der Waals surface area contributed by atoms with Crippen molar-refractivity contribution < 1.29 is 19.4 Å². The zero-order chi connectivity index (χ0) is 18.5. The molecule has 0 heterocycles. The van der Waals surface area contributed by atoms with E-state index in [-0.39, 0.29) is 24.1 Å². The van der Waals surface area contributed by atoms with E-state index < -0.39 is 26.6 Å². The number of nitrogens with one attached hydrogen (secondary N) is 1. The molecule has 1 rings (SSSR count). The third-order valence-electron chi connectivity index (χ3n) is 5.14. The maximum atomic E-state index is 11.1. The van der Waals surface area contributed by atoms with Gasteiger partial charge in [-0.25, -0.2) is 4.79 Å². The van der Waals surface area contributed by atoms with E-state index in [1.54, 1.807) is 0 Å². The number of carboxylic acid groups (broad SMARTS) is 1. The molecular weight excluding hydrogens is 328 g/mol. The summed E-state index contributed by atoms with van der Waals surface area (Å²) in [5.41, 5.74) is 8.67. The zero-order valence-electron chi connectivity index (χ0n) is 15.2. The highest BCUT2D eigenvalue weighted by atomic mass is 28.4. The van der Waals surface area contributed by atoms with Gasteiger partial charge in [-0.2, -0.15) is 0 Å². The van der Waals surface area contributed by atoms with E-state index in [9.17, 15) is 9.90 Å². The van der Waals surface area contributed by atoms with Crippen LogP contribution in [0.2, 0.25) is 18.1 Å². The Morgan fingerprint density at radius 3 is 2.42 bits per heavy atom. The van der Waals surface area contributed by atoms with Crippen LogP contribution in [0.4, 0.5) is 4.79 Å². The molecule has 0 bridgehead atoms. The van der Waals surface area contributed by atoms with E-state index in [2.05, 4.69) is 49.2 Å². The van der Waals surface area contributed by atoms with Gasteiger partial charge in [0.1, 0.15) is 0 Å². The smallest absolute Gasteiger partial charge is 0.405 e. The molecule has 0 saturated heterocycles. The van der Waals surface area contributed by atoms with Crippen molar-refractivity contribution in [2.24, 2.45) is 17.0 Å². The highest BCUT2D eigenvalue weighted by molar-refractivity contribution is 6.74. The zero-order valence-corrected chi connectivity index (χ0v) is 16.2. The third-order valence-corrected chi connectivity index (χ3v) is 9.62. The van der Waals surface area contributed by atoms with E-state index >= 15 is 0 Å². The van der Waals surface area contributed by atoms with E-state index in [1.165, 1.54) is 0 Å². The Bertz CT molecular complexity index is 484.